The number of thiophene rings is 2. The average molecular weight is 406 g/mol. The molecule has 0 saturated carbocycles. The SMILES string of the molecule is CCn1c(SC2CCCCNC2=O)nc2scc(-c3cccs3)c2c1=O. The Labute approximate surface area is 163 Å². The Bertz CT molecular complexity index is 991. The molecule has 26 heavy (non-hydrogen) atoms. The molecule has 0 spiro atoms. The van der Waals surface area contributed by atoms with E-state index >= 15 is 0 Å². The smallest absolute Gasteiger partial charge is 0.263 e. The van der Waals surface area contributed by atoms with E-state index in [0.717, 1.165) is 41.1 Å². The van der Waals surface area contributed by atoms with Gasteiger partial charge in [0.15, 0.2) is 5.16 Å². The van der Waals surface area contributed by atoms with E-state index < -0.39 is 0 Å². The van der Waals surface area contributed by atoms with Gasteiger partial charge in [-0.1, -0.05) is 24.2 Å². The lowest BCUT2D eigenvalue weighted by molar-refractivity contribution is -0.120. The van der Waals surface area contributed by atoms with Crippen molar-refractivity contribution in [1.29, 1.82) is 0 Å². The first-order chi connectivity index (χ1) is 12.7. The van der Waals surface area contributed by atoms with Crippen molar-refractivity contribution in [2.24, 2.45) is 0 Å². The summed E-state index contributed by atoms with van der Waals surface area (Å²) in [6.07, 6.45) is 2.83. The molecule has 5 nitrogen and oxygen atoms in total. The van der Waals surface area contributed by atoms with Crippen molar-refractivity contribution in [1.82, 2.24) is 14.9 Å². The predicted molar refractivity (Wildman–Crippen MR) is 109 cm³/mol. The van der Waals surface area contributed by atoms with Crippen LogP contribution in [0.4, 0.5) is 0 Å². The minimum Gasteiger partial charge on any atom is -0.355 e. The molecule has 1 N–H and O–H groups in total. The van der Waals surface area contributed by atoms with Crippen LogP contribution in [0.3, 0.4) is 0 Å². The number of nitrogens with one attached hydrogen (secondary N) is 1. The lowest BCUT2D eigenvalue weighted by Gasteiger charge is -2.15. The van der Waals surface area contributed by atoms with Crippen molar-refractivity contribution in [2.75, 3.05) is 6.54 Å². The molecule has 1 saturated heterocycles. The molecule has 1 fully saturated rings. The summed E-state index contributed by atoms with van der Waals surface area (Å²) in [6, 6.07) is 4.02. The number of fused-ring (bicyclic) bond motifs is 1. The van der Waals surface area contributed by atoms with Gasteiger partial charge in [0.2, 0.25) is 5.91 Å². The molecule has 1 unspecified atom stereocenters. The molecule has 136 valence electrons. The second kappa shape index (κ2) is 7.54. The third kappa shape index (κ3) is 3.21. The van der Waals surface area contributed by atoms with E-state index in [1.165, 1.54) is 23.1 Å². The summed E-state index contributed by atoms with van der Waals surface area (Å²) in [5, 5.41) is 8.13. The van der Waals surface area contributed by atoms with Crippen LogP contribution in [0.5, 0.6) is 0 Å². The molecule has 4 heterocycles. The summed E-state index contributed by atoms with van der Waals surface area (Å²) >= 11 is 4.54. The van der Waals surface area contributed by atoms with Gasteiger partial charge < -0.3 is 5.32 Å². The summed E-state index contributed by atoms with van der Waals surface area (Å²) in [5.41, 5.74) is 0.946. The van der Waals surface area contributed by atoms with Crippen LogP contribution in [0.1, 0.15) is 26.2 Å². The number of hydrogen-bond donors (Lipinski definition) is 1. The Balaban J connectivity index is 1.79. The number of aromatic nitrogens is 2. The van der Waals surface area contributed by atoms with E-state index in [9.17, 15) is 9.59 Å². The molecule has 0 aromatic carbocycles. The summed E-state index contributed by atoms with van der Waals surface area (Å²) < 4.78 is 1.70. The number of carbonyl (C=O) groups is 1. The van der Waals surface area contributed by atoms with Crippen LogP contribution in [0.25, 0.3) is 20.7 Å². The second-order valence-electron chi connectivity index (χ2n) is 6.14. The summed E-state index contributed by atoms with van der Waals surface area (Å²) in [6.45, 7) is 3.22. The van der Waals surface area contributed by atoms with Gasteiger partial charge in [-0.2, -0.15) is 0 Å². The third-order valence-corrected chi connectivity index (χ3v) is 7.53. The maximum Gasteiger partial charge on any atom is 0.263 e. The first-order valence-corrected chi connectivity index (χ1v) is 11.3. The minimum atomic E-state index is -0.184. The quantitative estimate of drug-likeness (QED) is 0.667. The Kier molecular flexibility index (Phi) is 5.15. The van der Waals surface area contributed by atoms with Crippen LogP contribution in [0.15, 0.2) is 32.8 Å². The van der Waals surface area contributed by atoms with Crippen LogP contribution in [0, 0.1) is 0 Å². The molecule has 3 aromatic heterocycles. The Morgan fingerprint density at radius 3 is 3.00 bits per heavy atom. The lowest BCUT2D eigenvalue weighted by Crippen LogP contribution is -2.31. The lowest BCUT2D eigenvalue weighted by atomic mass is 10.2. The molecule has 0 bridgehead atoms. The molecule has 4 rings (SSSR count). The fourth-order valence-electron chi connectivity index (χ4n) is 3.14. The Hall–Kier alpha value is -1.64. The van der Waals surface area contributed by atoms with Gasteiger partial charge in [0, 0.05) is 28.9 Å². The number of nitrogens with zero attached hydrogens (tertiary/aromatic N) is 2. The molecule has 0 aliphatic carbocycles. The van der Waals surface area contributed by atoms with E-state index in [-0.39, 0.29) is 16.7 Å². The van der Waals surface area contributed by atoms with Crippen LogP contribution in [-0.4, -0.2) is 27.3 Å². The van der Waals surface area contributed by atoms with E-state index in [2.05, 4.69) is 5.32 Å². The van der Waals surface area contributed by atoms with Gasteiger partial charge >= 0.3 is 0 Å². The van der Waals surface area contributed by atoms with Gasteiger partial charge in [0.05, 0.1) is 10.6 Å². The summed E-state index contributed by atoms with van der Waals surface area (Å²) in [4.78, 5) is 32.1. The fraction of sp³-hybridized carbons (Fsp3) is 0.389. The maximum absolute atomic E-state index is 13.2. The van der Waals surface area contributed by atoms with Gasteiger partial charge in [0.1, 0.15) is 4.83 Å². The number of thioether (sulfide) groups is 1. The highest BCUT2D eigenvalue weighted by Crippen LogP contribution is 2.35. The molecule has 1 amide bonds. The monoisotopic (exact) mass is 405 g/mol. The topological polar surface area (TPSA) is 64.0 Å². The van der Waals surface area contributed by atoms with Gasteiger partial charge in [-0.25, -0.2) is 4.98 Å². The predicted octanol–water partition coefficient (Wildman–Crippen LogP) is 3.97. The van der Waals surface area contributed by atoms with Gasteiger partial charge in [-0.3, -0.25) is 14.2 Å². The van der Waals surface area contributed by atoms with Crippen molar-refractivity contribution >= 4 is 50.6 Å². The zero-order chi connectivity index (χ0) is 18.1. The standard InChI is InChI=1S/C18H19N3O2S3/c1-2-21-17(23)14-11(12-7-5-9-24-12)10-25-16(14)20-18(21)26-13-6-3-4-8-19-15(13)22/h5,7,9-10,13H,2-4,6,8H2,1H3,(H,19,22). The number of hydrogen-bond acceptors (Lipinski definition) is 6. The number of amides is 1. The number of carbonyl (C=O) groups excluding carboxylic acids is 1. The van der Waals surface area contributed by atoms with Gasteiger partial charge in [0.25, 0.3) is 5.56 Å². The van der Waals surface area contributed by atoms with Crippen molar-refractivity contribution in [3.63, 3.8) is 0 Å². The highest BCUT2D eigenvalue weighted by Gasteiger charge is 2.25. The largest absolute Gasteiger partial charge is 0.355 e. The normalized spacial score (nSPS) is 18.0. The highest BCUT2D eigenvalue weighted by atomic mass is 32.2. The Morgan fingerprint density at radius 2 is 2.23 bits per heavy atom. The highest BCUT2D eigenvalue weighted by molar-refractivity contribution is 8.00. The van der Waals surface area contributed by atoms with Crippen molar-refractivity contribution < 1.29 is 4.79 Å². The molecule has 8 heteroatoms. The minimum absolute atomic E-state index is 0.0151. The molecule has 3 aromatic rings. The molecule has 0 radical (unpaired) electrons. The average Bonchev–Trinajstić information content (AvgIpc) is 3.25. The zero-order valence-corrected chi connectivity index (χ0v) is 16.8. The fourth-order valence-corrected chi connectivity index (χ4v) is 6.16. The van der Waals surface area contributed by atoms with E-state index in [1.54, 1.807) is 15.9 Å². The van der Waals surface area contributed by atoms with Crippen molar-refractivity contribution in [3.05, 3.63) is 33.2 Å². The van der Waals surface area contributed by atoms with E-state index in [4.69, 9.17) is 4.98 Å². The first kappa shape index (κ1) is 17.8. The van der Waals surface area contributed by atoms with Crippen LogP contribution >= 0.6 is 34.4 Å². The molecular formula is C18H19N3O2S3. The van der Waals surface area contributed by atoms with Crippen molar-refractivity contribution in [2.45, 2.75) is 43.1 Å². The van der Waals surface area contributed by atoms with E-state index in [0.29, 0.717) is 17.1 Å². The van der Waals surface area contributed by atoms with Gasteiger partial charge in [-0.15, -0.1) is 22.7 Å². The van der Waals surface area contributed by atoms with Crippen LogP contribution < -0.4 is 10.9 Å². The molecule has 1 aliphatic rings. The maximum atomic E-state index is 13.2. The number of rotatable bonds is 4. The molecule has 1 aliphatic heterocycles. The summed E-state index contributed by atoms with van der Waals surface area (Å²) in [7, 11) is 0. The van der Waals surface area contributed by atoms with Crippen LogP contribution in [-0.2, 0) is 11.3 Å². The zero-order valence-electron chi connectivity index (χ0n) is 14.4. The Morgan fingerprint density at radius 1 is 1.35 bits per heavy atom. The van der Waals surface area contributed by atoms with Crippen molar-refractivity contribution in [3.8, 4) is 10.4 Å². The first-order valence-electron chi connectivity index (χ1n) is 8.69. The van der Waals surface area contributed by atoms with Gasteiger partial charge in [-0.05, 0) is 31.2 Å². The summed E-state index contributed by atoms with van der Waals surface area (Å²) in [5.74, 6) is 0.0509. The molecule has 1 atom stereocenters. The molecular weight excluding hydrogens is 386 g/mol. The third-order valence-electron chi connectivity index (χ3n) is 4.49. The van der Waals surface area contributed by atoms with E-state index in [1.807, 2.05) is 29.8 Å². The second-order valence-corrected chi connectivity index (χ2v) is 9.12. The van der Waals surface area contributed by atoms with Crippen LogP contribution in [0.2, 0.25) is 0 Å².